The Morgan fingerprint density at radius 2 is 2.06 bits per heavy atom. The maximum Gasteiger partial charge on any atom is 0.326 e. The third-order valence-corrected chi connectivity index (χ3v) is 2.79. The predicted molar refractivity (Wildman–Crippen MR) is 59.4 cm³/mol. The quantitative estimate of drug-likeness (QED) is 0.607. The molecule has 0 unspecified atom stereocenters. The molecule has 1 saturated heterocycles. The van der Waals surface area contributed by atoms with Crippen molar-refractivity contribution in [1.82, 2.24) is 14.9 Å². The van der Waals surface area contributed by atoms with Crippen molar-refractivity contribution in [3.05, 3.63) is 32.6 Å². The molecule has 1 aliphatic rings. The number of amides is 1. The fourth-order valence-electron chi connectivity index (χ4n) is 2.01. The average Bonchev–Trinajstić information content (AvgIpc) is 2.75. The Kier molecular flexibility index (Phi) is 3.00. The zero-order valence-electron chi connectivity index (χ0n) is 9.30. The number of hydrogen-bond donors (Lipinski definition) is 3. The number of carbonyl (C=O) groups excluding carboxylic acids is 1. The van der Waals surface area contributed by atoms with Gasteiger partial charge < -0.3 is 15.0 Å². The molecule has 8 heteroatoms. The highest BCUT2D eigenvalue weighted by atomic mass is 16.4. The summed E-state index contributed by atoms with van der Waals surface area (Å²) in [5, 5.41) is 8.95. The van der Waals surface area contributed by atoms with Gasteiger partial charge in [0.05, 0.1) is 0 Å². The number of aromatic amines is 2. The van der Waals surface area contributed by atoms with Crippen molar-refractivity contribution in [3.8, 4) is 0 Å². The van der Waals surface area contributed by atoms with Crippen molar-refractivity contribution in [3.63, 3.8) is 0 Å². The van der Waals surface area contributed by atoms with E-state index in [0.717, 1.165) is 11.0 Å². The van der Waals surface area contributed by atoms with E-state index in [1.165, 1.54) is 0 Å². The minimum Gasteiger partial charge on any atom is -0.480 e. The van der Waals surface area contributed by atoms with E-state index in [9.17, 15) is 19.2 Å². The number of carbonyl (C=O) groups is 2. The third-order valence-electron chi connectivity index (χ3n) is 2.79. The Balaban J connectivity index is 2.33. The number of likely N-dealkylation sites (tertiary alicyclic amines) is 1. The molecule has 8 nitrogen and oxygen atoms in total. The van der Waals surface area contributed by atoms with E-state index in [-0.39, 0.29) is 5.69 Å². The molecule has 0 radical (unpaired) electrons. The zero-order valence-corrected chi connectivity index (χ0v) is 9.30. The molecule has 0 saturated carbocycles. The summed E-state index contributed by atoms with van der Waals surface area (Å²) in [4.78, 5) is 50.4. The smallest absolute Gasteiger partial charge is 0.326 e. The maximum absolute atomic E-state index is 12.0. The highest BCUT2D eigenvalue weighted by Gasteiger charge is 2.34. The Hall–Kier alpha value is -2.38. The summed E-state index contributed by atoms with van der Waals surface area (Å²) in [5.41, 5.74) is -1.69. The predicted octanol–water partition coefficient (Wildman–Crippen LogP) is -1.25. The summed E-state index contributed by atoms with van der Waals surface area (Å²) in [6.45, 7) is 0.296. The van der Waals surface area contributed by atoms with Gasteiger partial charge in [-0.05, 0) is 12.8 Å². The molecule has 1 amide bonds. The van der Waals surface area contributed by atoms with Gasteiger partial charge in [0, 0.05) is 12.6 Å². The molecule has 2 rings (SSSR count). The van der Waals surface area contributed by atoms with Gasteiger partial charge in [-0.1, -0.05) is 0 Å². The van der Waals surface area contributed by atoms with Crippen LogP contribution in [-0.4, -0.2) is 44.4 Å². The molecule has 1 aliphatic heterocycles. The van der Waals surface area contributed by atoms with E-state index in [0.29, 0.717) is 19.4 Å². The summed E-state index contributed by atoms with van der Waals surface area (Å²) < 4.78 is 0. The van der Waals surface area contributed by atoms with Gasteiger partial charge in [-0.3, -0.25) is 14.6 Å². The lowest BCUT2D eigenvalue weighted by atomic mass is 10.2. The first kappa shape index (κ1) is 12.1. The van der Waals surface area contributed by atoms with Gasteiger partial charge in [0.25, 0.3) is 11.5 Å². The summed E-state index contributed by atoms with van der Waals surface area (Å²) in [5.74, 6) is -1.74. The lowest BCUT2D eigenvalue weighted by Gasteiger charge is -2.20. The molecule has 0 spiro atoms. The molecule has 0 bridgehead atoms. The van der Waals surface area contributed by atoms with Crippen molar-refractivity contribution in [2.75, 3.05) is 6.54 Å². The van der Waals surface area contributed by atoms with Crippen LogP contribution in [0.25, 0.3) is 0 Å². The van der Waals surface area contributed by atoms with Gasteiger partial charge in [-0.2, -0.15) is 0 Å². The van der Waals surface area contributed by atoms with Crippen LogP contribution in [0.5, 0.6) is 0 Å². The summed E-state index contributed by atoms with van der Waals surface area (Å²) >= 11 is 0. The third kappa shape index (κ3) is 2.17. The van der Waals surface area contributed by atoms with Crippen LogP contribution in [0.15, 0.2) is 15.7 Å². The number of hydrogen-bond acceptors (Lipinski definition) is 4. The number of aromatic nitrogens is 2. The van der Waals surface area contributed by atoms with E-state index in [4.69, 9.17) is 5.11 Å². The molecule has 18 heavy (non-hydrogen) atoms. The zero-order chi connectivity index (χ0) is 13.3. The maximum atomic E-state index is 12.0. The van der Waals surface area contributed by atoms with Crippen molar-refractivity contribution in [1.29, 1.82) is 0 Å². The fourth-order valence-corrected chi connectivity index (χ4v) is 2.01. The Labute approximate surface area is 100 Å². The Morgan fingerprint density at radius 1 is 1.33 bits per heavy atom. The van der Waals surface area contributed by atoms with Crippen LogP contribution >= 0.6 is 0 Å². The number of carboxylic acids is 1. The largest absolute Gasteiger partial charge is 0.480 e. The second-order valence-corrected chi connectivity index (χ2v) is 4.00. The second-order valence-electron chi connectivity index (χ2n) is 4.00. The second kappa shape index (κ2) is 4.47. The first-order valence-electron chi connectivity index (χ1n) is 5.36. The summed E-state index contributed by atoms with van der Waals surface area (Å²) in [6.07, 6.45) is 0.949. The van der Waals surface area contributed by atoms with Crippen LogP contribution in [0, 0.1) is 0 Å². The van der Waals surface area contributed by atoms with Crippen molar-refractivity contribution >= 4 is 11.9 Å². The normalized spacial score (nSPS) is 18.9. The molecule has 1 fully saturated rings. The number of nitrogens with one attached hydrogen (secondary N) is 2. The minimum absolute atomic E-state index is 0.197. The number of nitrogens with zero attached hydrogens (tertiary/aromatic N) is 1. The molecule has 1 aromatic heterocycles. The number of rotatable bonds is 2. The highest BCUT2D eigenvalue weighted by molar-refractivity contribution is 5.95. The monoisotopic (exact) mass is 253 g/mol. The Bertz CT molecular complexity index is 574. The van der Waals surface area contributed by atoms with E-state index >= 15 is 0 Å². The highest BCUT2D eigenvalue weighted by Crippen LogP contribution is 2.18. The van der Waals surface area contributed by atoms with Crippen LogP contribution in [0.3, 0.4) is 0 Å². The SMILES string of the molecule is O=C(O)[C@@H]1CCCN1C(=O)c1cc(=O)[nH]c(=O)[nH]1. The number of H-pyrrole nitrogens is 2. The summed E-state index contributed by atoms with van der Waals surface area (Å²) in [7, 11) is 0. The van der Waals surface area contributed by atoms with Gasteiger partial charge in [0.1, 0.15) is 11.7 Å². The first-order chi connectivity index (χ1) is 8.49. The molecule has 1 aromatic rings. The van der Waals surface area contributed by atoms with Gasteiger partial charge in [0.2, 0.25) is 0 Å². The summed E-state index contributed by atoms with van der Waals surface area (Å²) in [6, 6.07) is 0.0429. The van der Waals surface area contributed by atoms with Gasteiger partial charge in [0.15, 0.2) is 0 Å². The topological polar surface area (TPSA) is 123 Å². The number of aliphatic carboxylic acids is 1. The lowest BCUT2D eigenvalue weighted by Crippen LogP contribution is -2.42. The standard InChI is InChI=1S/C10H11N3O5/c14-7-4-5(11-10(18)12-7)8(15)13-3-1-2-6(13)9(16)17/h4,6H,1-3H2,(H,16,17)(H2,11,12,14,18)/t6-/m0/s1. The van der Waals surface area contributed by atoms with E-state index < -0.39 is 29.2 Å². The van der Waals surface area contributed by atoms with Crippen molar-refractivity contribution in [2.24, 2.45) is 0 Å². The molecule has 3 N–H and O–H groups in total. The van der Waals surface area contributed by atoms with Crippen LogP contribution in [0.1, 0.15) is 23.3 Å². The lowest BCUT2D eigenvalue weighted by molar-refractivity contribution is -0.141. The minimum atomic E-state index is -1.09. The number of carboxylic acid groups (broad SMARTS) is 1. The van der Waals surface area contributed by atoms with Crippen LogP contribution < -0.4 is 11.2 Å². The molecule has 0 aliphatic carbocycles. The van der Waals surface area contributed by atoms with Gasteiger partial charge in [-0.25, -0.2) is 9.59 Å². The van der Waals surface area contributed by atoms with Crippen LogP contribution in [-0.2, 0) is 4.79 Å². The van der Waals surface area contributed by atoms with Gasteiger partial charge in [-0.15, -0.1) is 0 Å². The average molecular weight is 253 g/mol. The molecule has 96 valence electrons. The van der Waals surface area contributed by atoms with Crippen molar-refractivity contribution < 1.29 is 14.7 Å². The van der Waals surface area contributed by atoms with Crippen LogP contribution in [0.2, 0.25) is 0 Å². The Morgan fingerprint density at radius 3 is 2.67 bits per heavy atom. The molecule has 2 heterocycles. The molecule has 0 aromatic carbocycles. The molecular formula is C10H11N3O5. The van der Waals surface area contributed by atoms with Gasteiger partial charge >= 0.3 is 11.7 Å². The molecular weight excluding hydrogens is 242 g/mol. The van der Waals surface area contributed by atoms with E-state index in [1.807, 2.05) is 4.98 Å². The fraction of sp³-hybridized carbons (Fsp3) is 0.400. The first-order valence-corrected chi connectivity index (χ1v) is 5.36. The van der Waals surface area contributed by atoms with E-state index in [1.54, 1.807) is 0 Å². The molecule has 1 atom stereocenters. The van der Waals surface area contributed by atoms with E-state index in [2.05, 4.69) is 4.98 Å². The van der Waals surface area contributed by atoms with Crippen molar-refractivity contribution in [2.45, 2.75) is 18.9 Å². The van der Waals surface area contributed by atoms with Crippen LogP contribution in [0.4, 0.5) is 0 Å².